The lowest BCUT2D eigenvalue weighted by Gasteiger charge is -2.22. The number of aromatic nitrogens is 1. The second-order valence-corrected chi connectivity index (χ2v) is 5.75. The second-order valence-electron chi connectivity index (χ2n) is 4.81. The Balaban J connectivity index is 0.00000162. The fourth-order valence-electron chi connectivity index (χ4n) is 2.54. The number of halogens is 1. The summed E-state index contributed by atoms with van der Waals surface area (Å²) in [6.07, 6.45) is 4.97. The molecule has 3 nitrogen and oxygen atoms in total. The number of nitrogens with one attached hydrogen (secondary N) is 1. The number of rotatable bonds is 6. The van der Waals surface area contributed by atoms with Crippen LogP contribution in [0.15, 0.2) is 5.38 Å². The van der Waals surface area contributed by atoms with Gasteiger partial charge in [-0.05, 0) is 32.9 Å². The lowest BCUT2D eigenvalue weighted by molar-refractivity contribution is 0.242. The van der Waals surface area contributed by atoms with Crippen LogP contribution in [0.3, 0.4) is 0 Å². The van der Waals surface area contributed by atoms with Gasteiger partial charge < -0.3 is 5.32 Å². The summed E-state index contributed by atoms with van der Waals surface area (Å²) < 4.78 is 0. The van der Waals surface area contributed by atoms with Crippen LogP contribution >= 0.6 is 23.7 Å². The van der Waals surface area contributed by atoms with Crippen molar-refractivity contribution >= 4 is 23.7 Å². The molecule has 0 saturated carbocycles. The van der Waals surface area contributed by atoms with E-state index in [2.05, 4.69) is 22.5 Å². The molecule has 0 amide bonds. The highest BCUT2D eigenvalue weighted by Crippen LogP contribution is 2.21. The fraction of sp³-hybridized carbons (Fsp3) is 0.769. The summed E-state index contributed by atoms with van der Waals surface area (Å²) in [5.74, 6) is 0. The van der Waals surface area contributed by atoms with Crippen LogP contribution in [0.25, 0.3) is 0 Å². The molecule has 1 fully saturated rings. The molecular weight excluding hydrogens is 266 g/mol. The van der Waals surface area contributed by atoms with E-state index in [0.29, 0.717) is 6.04 Å². The van der Waals surface area contributed by atoms with E-state index in [1.54, 1.807) is 0 Å². The molecular formula is C13H24ClN3S. The minimum Gasteiger partial charge on any atom is -0.318 e. The molecule has 1 saturated heterocycles. The van der Waals surface area contributed by atoms with Gasteiger partial charge >= 0.3 is 0 Å². The quantitative estimate of drug-likeness (QED) is 0.873. The zero-order valence-corrected chi connectivity index (χ0v) is 12.9. The molecule has 104 valence electrons. The van der Waals surface area contributed by atoms with Crippen molar-refractivity contribution in [3.63, 3.8) is 0 Å². The van der Waals surface area contributed by atoms with Gasteiger partial charge in [-0.25, -0.2) is 4.98 Å². The first-order valence-corrected chi connectivity index (χ1v) is 7.53. The summed E-state index contributed by atoms with van der Waals surface area (Å²) in [7, 11) is 2.04. The number of aryl methyl sites for hydroxylation is 1. The van der Waals surface area contributed by atoms with Gasteiger partial charge in [0.1, 0.15) is 5.01 Å². The Hall–Kier alpha value is -0.160. The van der Waals surface area contributed by atoms with Crippen molar-refractivity contribution in [1.29, 1.82) is 0 Å². The molecule has 0 aromatic carbocycles. The summed E-state index contributed by atoms with van der Waals surface area (Å²) in [5, 5.41) is 6.80. The number of likely N-dealkylation sites (tertiary alicyclic amines) is 1. The molecule has 5 heteroatoms. The maximum Gasteiger partial charge on any atom is 0.107 e. The molecule has 0 aliphatic carbocycles. The van der Waals surface area contributed by atoms with Crippen LogP contribution in [0, 0.1) is 0 Å². The molecule has 0 radical (unpaired) electrons. The lowest BCUT2D eigenvalue weighted by atomic mass is 10.2. The molecule has 1 aromatic heterocycles. The topological polar surface area (TPSA) is 28.2 Å². The monoisotopic (exact) mass is 289 g/mol. The molecule has 1 atom stereocenters. The molecule has 2 heterocycles. The molecule has 2 rings (SSSR count). The van der Waals surface area contributed by atoms with Crippen molar-refractivity contribution in [2.24, 2.45) is 0 Å². The van der Waals surface area contributed by atoms with Crippen molar-refractivity contribution < 1.29 is 0 Å². The van der Waals surface area contributed by atoms with Crippen molar-refractivity contribution in [3.05, 3.63) is 16.1 Å². The van der Waals surface area contributed by atoms with Crippen LogP contribution < -0.4 is 5.32 Å². The summed E-state index contributed by atoms with van der Waals surface area (Å²) in [6.45, 7) is 5.59. The predicted octanol–water partition coefficient (Wildman–Crippen LogP) is 2.70. The van der Waals surface area contributed by atoms with Crippen LogP contribution in [0.1, 0.15) is 36.9 Å². The average molecular weight is 290 g/mol. The van der Waals surface area contributed by atoms with Gasteiger partial charge in [0.25, 0.3) is 0 Å². The summed E-state index contributed by atoms with van der Waals surface area (Å²) in [6, 6.07) is 0.707. The maximum atomic E-state index is 4.71. The van der Waals surface area contributed by atoms with Gasteiger partial charge in [-0.1, -0.05) is 13.3 Å². The Morgan fingerprint density at radius 3 is 3.11 bits per heavy atom. The Morgan fingerprint density at radius 2 is 2.39 bits per heavy atom. The van der Waals surface area contributed by atoms with Crippen LogP contribution in [0.5, 0.6) is 0 Å². The van der Waals surface area contributed by atoms with Crippen molar-refractivity contribution in [2.75, 3.05) is 20.1 Å². The first-order chi connectivity index (χ1) is 8.33. The molecule has 1 N–H and O–H groups in total. The van der Waals surface area contributed by atoms with Gasteiger partial charge in [-0.15, -0.1) is 23.7 Å². The van der Waals surface area contributed by atoms with Gasteiger partial charge in [0.15, 0.2) is 0 Å². The first-order valence-electron chi connectivity index (χ1n) is 6.65. The SMILES string of the molecule is CCCc1csc(CN2CCCC2CNC)n1.Cl. The molecule has 1 aliphatic heterocycles. The standard InChI is InChI=1S/C13H23N3S.ClH/c1-3-5-11-10-17-13(15-11)9-16-7-4-6-12(16)8-14-2;/h10,12,14H,3-9H2,1-2H3;1H. The van der Waals surface area contributed by atoms with E-state index in [-0.39, 0.29) is 12.4 Å². The van der Waals surface area contributed by atoms with Crippen molar-refractivity contribution in [1.82, 2.24) is 15.2 Å². The largest absolute Gasteiger partial charge is 0.318 e. The van der Waals surface area contributed by atoms with Gasteiger partial charge in [0.05, 0.1) is 12.2 Å². The van der Waals surface area contributed by atoms with Gasteiger partial charge in [0, 0.05) is 18.0 Å². The highest BCUT2D eigenvalue weighted by atomic mass is 35.5. The van der Waals surface area contributed by atoms with Gasteiger partial charge in [-0.3, -0.25) is 4.90 Å². The number of likely N-dealkylation sites (N-methyl/N-ethyl adjacent to an activating group) is 1. The maximum absolute atomic E-state index is 4.71. The highest BCUT2D eigenvalue weighted by Gasteiger charge is 2.24. The van der Waals surface area contributed by atoms with Crippen LogP contribution in [0.2, 0.25) is 0 Å². The molecule has 1 unspecified atom stereocenters. The van der Waals surface area contributed by atoms with Gasteiger partial charge in [-0.2, -0.15) is 0 Å². The Kier molecular flexibility index (Phi) is 7.15. The van der Waals surface area contributed by atoms with E-state index in [1.165, 1.54) is 36.5 Å². The second kappa shape index (κ2) is 8.10. The van der Waals surface area contributed by atoms with Crippen LogP contribution in [0.4, 0.5) is 0 Å². The van der Waals surface area contributed by atoms with E-state index >= 15 is 0 Å². The Bertz CT molecular complexity index is 343. The zero-order chi connectivity index (χ0) is 12.1. The third-order valence-electron chi connectivity index (χ3n) is 3.38. The summed E-state index contributed by atoms with van der Waals surface area (Å²) in [4.78, 5) is 7.29. The lowest BCUT2D eigenvalue weighted by Crippen LogP contribution is -2.36. The first kappa shape index (κ1) is 15.9. The normalized spacial score (nSPS) is 20.0. The van der Waals surface area contributed by atoms with Crippen molar-refractivity contribution in [2.45, 2.75) is 45.2 Å². The van der Waals surface area contributed by atoms with E-state index < -0.39 is 0 Å². The van der Waals surface area contributed by atoms with Crippen LogP contribution in [-0.2, 0) is 13.0 Å². The van der Waals surface area contributed by atoms with E-state index in [1.807, 2.05) is 18.4 Å². The average Bonchev–Trinajstić information content (AvgIpc) is 2.91. The third kappa shape index (κ3) is 4.19. The number of thiazole rings is 1. The third-order valence-corrected chi connectivity index (χ3v) is 4.27. The van der Waals surface area contributed by atoms with E-state index in [0.717, 1.165) is 19.5 Å². The minimum absolute atomic E-state index is 0. The Morgan fingerprint density at radius 1 is 1.56 bits per heavy atom. The fourth-order valence-corrected chi connectivity index (χ4v) is 3.39. The Labute approximate surface area is 120 Å². The predicted molar refractivity (Wildman–Crippen MR) is 80.7 cm³/mol. The molecule has 1 aromatic rings. The molecule has 18 heavy (non-hydrogen) atoms. The molecule has 0 spiro atoms. The van der Waals surface area contributed by atoms with Crippen LogP contribution in [-0.4, -0.2) is 36.1 Å². The number of hydrogen-bond acceptors (Lipinski definition) is 4. The number of nitrogens with zero attached hydrogens (tertiary/aromatic N) is 2. The number of hydrogen-bond donors (Lipinski definition) is 1. The summed E-state index contributed by atoms with van der Waals surface area (Å²) in [5.41, 5.74) is 1.27. The van der Waals surface area contributed by atoms with Crippen molar-refractivity contribution in [3.8, 4) is 0 Å². The molecule has 0 bridgehead atoms. The smallest absolute Gasteiger partial charge is 0.107 e. The minimum atomic E-state index is 0. The summed E-state index contributed by atoms with van der Waals surface area (Å²) >= 11 is 1.82. The van der Waals surface area contributed by atoms with E-state index in [4.69, 9.17) is 4.98 Å². The molecule has 1 aliphatic rings. The zero-order valence-electron chi connectivity index (χ0n) is 11.3. The van der Waals surface area contributed by atoms with Gasteiger partial charge in [0.2, 0.25) is 0 Å². The highest BCUT2D eigenvalue weighted by molar-refractivity contribution is 7.09. The van der Waals surface area contributed by atoms with E-state index in [9.17, 15) is 0 Å².